The number of aliphatic hydroxyl groups is 1. The molecule has 0 heterocycles. The van der Waals surface area contributed by atoms with E-state index in [0.717, 1.165) is 28.8 Å². The predicted octanol–water partition coefficient (Wildman–Crippen LogP) is 4.47. The molecule has 5 nitrogen and oxygen atoms in total. The van der Waals surface area contributed by atoms with Crippen LogP contribution >= 0.6 is 23.2 Å². The molecule has 28 heavy (non-hydrogen) atoms. The molecule has 0 amide bonds. The zero-order valence-electron chi connectivity index (χ0n) is 16.3. The summed E-state index contributed by atoms with van der Waals surface area (Å²) in [6.07, 6.45) is 0.354. The molecule has 0 fully saturated rings. The minimum Gasteiger partial charge on any atom is -0.469 e. The molecule has 0 saturated carbocycles. The highest BCUT2D eigenvalue weighted by Crippen LogP contribution is 2.29. The molecule has 2 aromatic rings. The number of nitrogens with zero attached hydrogens (tertiary/aromatic N) is 1. The van der Waals surface area contributed by atoms with E-state index in [-0.39, 0.29) is 12.4 Å². The molecule has 2 N–H and O–H groups in total. The van der Waals surface area contributed by atoms with E-state index in [1.807, 2.05) is 30.1 Å². The number of anilines is 1. The zero-order chi connectivity index (χ0) is 20.7. The molecule has 0 aliphatic carbocycles. The maximum atomic E-state index is 11.6. The third-order valence-corrected chi connectivity index (χ3v) is 4.95. The summed E-state index contributed by atoms with van der Waals surface area (Å²) in [5.41, 5.74) is 6.58. The first-order valence-corrected chi connectivity index (χ1v) is 9.91. The standard InChI is InChI=1S/C21H26Cl2N2O3/c1-4-8-25(24-13-20(26)15-6-5-7-17(22)10-15)19-9-14(2)16(11-18(19)23)12-21(27)28-3/h5-7,9-11,20,24,26H,4,8,12-13H2,1-3H3/t20-/m0/s1. The van der Waals surface area contributed by atoms with E-state index in [4.69, 9.17) is 27.9 Å². The number of carbonyl (C=O) groups excluding carboxylic acids is 1. The number of nitrogens with one attached hydrogen (secondary N) is 1. The van der Waals surface area contributed by atoms with E-state index in [0.29, 0.717) is 23.1 Å². The van der Waals surface area contributed by atoms with Crippen molar-refractivity contribution in [3.05, 3.63) is 63.1 Å². The van der Waals surface area contributed by atoms with Crippen LogP contribution in [0.5, 0.6) is 0 Å². The number of esters is 1. The van der Waals surface area contributed by atoms with Crippen molar-refractivity contribution in [2.24, 2.45) is 0 Å². The Bertz CT molecular complexity index is 814. The Morgan fingerprint density at radius 2 is 2.04 bits per heavy atom. The summed E-state index contributed by atoms with van der Waals surface area (Å²) >= 11 is 12.5. The van der Waals surface area contributed by atoms with Gasteiger partial charge in [-0.2, -0.15) is 0 Å². The van der Waals surface area contributed by atoms with Crippen LogP contribution < -0.4 is 10.4 Å². The van der Waals surface area contributed by atoms with Gasteiger partial charge in [-0.3, -0.25) is 4.79 Å². The third-order valence-electron chi connectivity index (χ3n) is 4.41. The number of hydrogen-bond acceptors (Lipinski definition) is 5. The Morgan fingerprint density at radius 1 is 1.29 bits per heavy atom. The first-order chi connectivity index (χ1) is 13.3. The number of hydrogen-bond donors (Lipinski definition) is 2. The fourth-order valence-corrected chi connectivity index (χ4v) is 3.36. The van der Waals surface area contributed by atoms with Crippen molar-refractivity contribution >= 4 is 34.9 Å². The molecule has 0 aliphatic rings. The van der Waals surface area contributed by atoms with Gasteiger partial charge in [-0.15, -0.1) is 0 Å². The van der Waals surface area contributed by atoms with Gasteiger partial charge >= 0.3 is 5.97 Å². The van der Waals surface area contributed by atoms with Gasteiger partial charge in [-0.05, 0) is 54.3 Å². The van der Waals surface area contributed by atoms with Gasteiger partial charge < -0.3 is 14.9 Å². The number of methoxy groups -OCH3 is 1. The smallest absolute Gasteiger partial charge is 0.309 e. The van der Waals surface area contributed by atoms with Gasteiger partial charge in [0.15, 0.2) is 0 Å². The van der Waals surface area contributed by atoms with E-state index in [2.05, 4.69) is 12.3 Å². The van der Waals surface area contributed by atoms with Crippen LogP contribution in [-0.2, 0) is 16.0 Å². The monoisotopic (exact) mass is 424 g/mol. The van der Waals surface area contributed by atoms with Crippen molar-refractivity contribution in [2.75, 3.05) is 25.2 Å². The highest BCUT2D eigenvalue weighted by atomic mass is 35.5. The van der Waals surface area contributed by atoms with E-state index >= 15 is 0 Å². The van der Waals surface area contributed by atoms with Crippen LogP contribution in [-0.4, -0.2) is 31.3 Å². The van der Waals surface area contributed by atoms with Gasteiger partial charge in [0, 0.05) is 18.1 Å². The molecular weight excluding hydrogens is 399 g/mol. The molecule has 152 valence electrons. The summed E-state index contributed by atoms with van der Waals surface area (Å²) in [6, 6.07) is 10.9. The van der Waals surface area contributed by atoms with Crippen LogP contribution in [0.1, 0.15) is 36.1 Å². The predicted molar refractivity (Wildman–Crippen MR) is 114 cm³/mol. The molecule has 0 spiro atoms. The quantitative estimate of drug-likeness (QED) is 0.459. The number of benzene rings is 2. The third kappa shape index (κ3) is 6.11. The van der Waals surface area contributed by atoms with Gasteiger partial charge in [-0.1, -0.05) is 42.3 Å². The van der Waals surface area contributed by atoms with Crippen molar-refractivity contribution in [2.45, 2.75) is 32.8 Å². The topological polar surface area (TPSA) is 61.8 Å². The Hall–Kier alpha value is -1.79. The lowest BCUT2D eigenvalue weighted by Crippen LogP contribution is -2.41. The lowest BCUT2D eigenvalue weighted by Gasteiger charge is -2.28. The number of aliphatic hydroxyl groups excluding tert-OH is 1. The van der Waals surface area contributed by atoms with E-state index in [1.165, 1.54) is 7.11 Å². The zero-order valence-corrected chi connectivity index (χ0v) is 17.8. The number of aryl methyl sites for hydroxylation is 1. The average molecular weight is 425 g/mol. The lowest BCUT2D eigenvalue weighted by molar-refractivity contribution is -0.139. The SMILES string of the molecule is CCCN(NC[C@H](O)c1cccc(Cl)c1)c1cc(C)c(CC(=O)OC)cc1Cl. The molecule has 0 radical (unpaired) electrons. The second kappa shape index (κ2) is 10.7. The number of carbonyl (C=O) groups is 1. The molecule has 0 bridgehead atoms. The first kappa shape index (κ1) is 22.5. The van der Waals surface area contributed by atoms with E-state index in [1.54, 1.807) is 18.2 Å². The molecule has 0 unspecified atom stereocenters. The number of ether oxygens (including phenoxy) is 1. The second-order valence-electron chi connectivity index (χ2n) is 6.57. The fraction of sp³-hybridized carbons (Fsp3) is 0.381. The molecule has 0 aromatic heterocycles. The Labute approximate surface area is 176 Å². The minimum absolute atomic E-state index is 0.178. The highest BCUT2D eigenvalue weighted by molar-refractivity contribution is 6.33. The Kier molecular flexibility index (Phi) is 8.58. The first-order valence-electron chi connectivity index (χ1n) is 9.16. The Balaban J connectivity index is 2.16. The Morgan fingerprint density at radius 3 is 2.68 bits per heavy atom. The highest BCUT2D eigenvalue weighted by Gasteiger charge is 2.16. The number of rotatable bonds is 9. The maximum absolute atomic E-state index is 11.6. The van der Waals surface area contributed by atoms with Crippen LogP contribution in [0.2, 0.25) is 10.0 Å². The van der Waals surface area contributed by atoms with Gasteiger partial charge in [-0.25, -0.2) is 5.43 Å². The number of halogens is 2. The normalized spacial score (nSPS) is 11.9. The maximum Gasteiger partial charge on any atom is 0.309 e. The van der Waals surface area contributed by atoms with Gasteiger partial charge in [0.05, 0.1) is 30.3 Å². The van der Waals surface area contributed by atoms with Crippen LogP contribution in [0.15, 0.2) is 36.4 Å². The van der Waals surface area contributed by atoms with Gasteiger partial charge in [0.1, 0.15) is 0 Å². The molecule has 7 heteroatoms. The molecule has 0 saturated heterocycles. The van der Waals surface area contributed by atoms with Crippen LogP contribution in [0.25, 0.3) is 0 Å². The summed E-state index contributed by atoms with van der Waals surface area (Å²) in [5.74, 6) is -0.305. The van der Waals surface area contributed by atoms with Crippen LogP contribution in [0.3, 0.4) is 0 Å². The van der Waals surface area contributed by atoms with E-state index in [9.17, 15) is 9.90 Å². The van der Waals surface area contributed by atoms with Crippen LogP contribution in [0, 0.1) is 6.92 Å². The minimum atomic E-state index is -0.712. The van der Waals surface area contributed by atoms with Crippen molar-refractivity contribution in [1.29, 1.82) is 0 Å². The van der Waals surface area contributed by atoms with Crippen molar-refractivity contribution < 1.29 is 14.6 Å². The van der Waals surface area contributed by atoms with Crippen molar-refractivity contribution in [1.82, 2.24) is 5.43 Å². The van der Waals surface area contributed by atoms with Gasteiger partial charge in [0.25, 0.3) is 0 Å². The van der Waals surface area contributed by atoms with Crippen molar-refractivity contribution in [3.8, 4) is 0 Å². The number of hydrazine groups is 1. The molecule has 2 aromatic carbocycles. The second-order valence-corrected chi connectivity index (χ2v) is 7.41. The van der Waals surface area contributed by atoms with Crippen LogP contribution in [0.4, 0.5) is 5.69 Å². The average Bonchev–Trinajstić information content (AvgIpc) is 2.67. The summed E-state index contributed by atoms with van der Waals surface area (Å²) in [6.45, 7) is 5.01. The summed E-state index contributed by atoms with van der Waals surface area (Å²) in [7, 11) is 1.37. The summed E-state index contributed by atoms with van der Waals surface area (Å²) in [4.78, 5) is 11.6. The molecule has 2 rings (SSSR count). The molecule has 1 atom stereocenters. The van der Waals surface area contributed by atoms with Crippen molar-refractivity contribution in [3.63, 3.8) is 0 Å². The fourth-order valence-electron chi connectivity index (χ4n) is 2.87. The van der Waals surface area contributed by atoms with E-state index < -0.39 is 6.10 Å². The largest absolute Gasteiger partial charge is 0.469 e. The molecular formula is C21H26Cl2N2O3. The summed E-state index contributed by atoms with van der Waals surface area (Å²) in [5, 5.41) is 13.5. The van der Waals surface area contributed by atoms with Gasteiger partial charge in [0.2, 0.25) is 0 Å². The molecule has 0 aliphatic heterocycles. The lowest BCUT2D eigenvalue weighted by atomic mass is 10.0. The summed E-state index contributed by atoms with van der Waals surface area (Å²) < 4.78 is 4.74.